The Morgan fingerprint density at radius 2 is 1.89 bits per heavy atom. The molecule has 0 aliphatic heterocycles. The lowest BCUT2D eigenvalue weighted by Crippen LogP contribution is -2.10. The van der Waals surface area contributed by atoms with Crippen LogP contribution in [0.5, 0.6) is 0 Å². The largest absolute Gasteiger partial charge is 0.298 e. The third-order valence-corrected chi connectivity index (χ3v) is 4.03. The van der Waals surface area contributed by atoms with E-state index < -0.39 is 45.6 Å². The summed E-state index contributed by atoms with van der Waals surface area (Å²) < 4.78 is 53.6. The predicted octanol–water partition coefficient (Wildman–Crippen LogP) is 3.81. The zero-order valence-electron chi connectivity index (χ0n) is 10.3. The van der Waals surface area contributed by atoms with Crippen LogP contribution in [0.1, 0.15) is 22.1 Å². The van der Waals surface area contributed by atoms with Gasteiger partial charge in [0.25, 0.3) is 0 Å². The zero-order chi connectivity index (χ0) is 14.1. The molecule has 6 heteroatoms. The molecule has 102 valence electrons. The van der Waals surface area contributed by atoms with Crippen LogP contribution in [0.25, 0.3) is 0 Å². The van der Waals surface area contributed by atoms with E-state index in [0.717, 1.165) is 6.07 Å². The van der Waals surface area contributed by atoms with Crippen LogP contribution >= 0.6 is 10.0 Å². The van der Waals surface area contributed by atoms with Crippen LogP contribution in [0.2, 0.25) is 0 Å². The Morgan fingerprint density at radius 1 is 1.33 bits per heavy atom. The van der Waals surface area contributed by atoms with Crippen molar-refractivity contribution in [2.45, 2.75) is 11.1 Å². The summed E-state index contributed by atoms with van der Waals surface area (Å²) in [5, 5.41) is 0. The number of alkyl halides is 2. The third-order valence-electron chi connectivity index (χ3n) is 2.43. The highest BCUT2D eigenvalue weighted by Crippen LogP contribution is 2.49. The molecule has 0 aliphatic rings. The van der Waals surface area contributed by atoms with Gasteiger partial charge in [-0.05, 0) is 24.8 Å². The zero-order valence-corrected chi connectivity index (χ0v) is 11.1. The van der Waals surface area contributed by atoms with Crippen LogP contribution in [-0.4, -0.2) is 31.7 Å². The van der Waals surface area contributed by atoms with E-state index in [1.54, 1.807) is 18.8 Å². The first-order chi connectivity index (χ1) is 8.23. The lowest BCUT2D eigenvalue weighted by molar-refractivity contribution is 0.111. The van der Waals surface area contributed by atoms with Crippen LogP contribution < -0.4 is 0 Å². The Morgan fingerprint density at radius 3 is 2.28 bits per heavy atom. The van der Waals surface area contributed by atoms with E-state index in [9.17, 15) is 22.4 Å². The smallest absolute Gasteiger partial charge is 0.157 e. The van der Waals surface area contributed by atoms with Gasteiger partial charge in [-0.15, -0.1) is 0 Å². The number of aldehydes is 1. The molecule has 0 amide bonds. The van der Waals surface area contributed by atoms with Crippen molar-refractivity contribution in [3.8, 4) is 0 Å². The first-order valence-electron chi connectivity index (χ1n) is 5.09. The molecule has 1 nitrogen and oxygen atoms in total. The molecule has 0 aromatic heterocycles. The van der Waals surface area contributed by atoms with Crippen molar-refractivity contribution < 1.29 is 22.4 Å². The minimum Gasteiger partial charge on any atom is -0.298 e. The third kappa shape index (κ3) is 2.68. The minimum atomic E-state index is -2.26. The molecule has 0 saturated carbocycles. The van der Waals surface area contributed by atoms with Gasteiger partial charge in [-0.25, -0.2) is 27.6 Å². The van der Waals surface area contributed by atoms with Crippen molar-refractivity contribution in [2.24, 2.45) is 0 Å². The van der Waals surface area contributed by atoms with Gasteiger partial charge in [0, 0.05) is 11.1 Å². The second kappa shape index (κ2) is 5.30. The molecule has 0 radical (unpaired) electrons. The molecule has 18 heavy (non-hydrogen) atoms. The monoisotopic (exact) mass is 282 g/mol. The summed E-state index contributed by atoms with van der Waals surface area (Å²) in [6.45, 7) is -1.46. The lowest BCUT2D eigenvalue weighted by Gasteiger charge is -2.28. The van der Waals surface area contributed by atoms with Gasteiger partial charge in [0.05, 0.1) is 4.90 Å². The fourth-order valence-corrected chi connectivity index (χ4v) is 2.98. The maximum atomic E-state index is 14.1. The van der Waals surface area contributed by atoms with Gasteiger partial charge in [-0.1, -0.05) is 0 Å². The molecule has 0 heterocycles. The van der Waals surface area contributed by atoms with E-state index in [1.807, 2.05) is 0 Å². The highest BCUT2D eigenvalue weighted by atomic mass is 32.3. The summed E-state index contributed by atoms with van der Waals surface area (Å²) in [5.74, 6) is -2.04. The second-order valence-corrected chi connectivity index (χ2v) is 8.66. The number of benzene rings is 1. The summed E-state index contributed by atoms with van der Waals surface area (Å²) in [7, 11) is -1.81. The molecule has 0 spiro atoms. The molecule has 1 unspecified atom stereocenters. The summed E-state index contributed by atoms with van der Waals surface area (Å²) in [6, 6.07) is 0.765. The minimum absolute atomic E-state index is 0.130. The molecular formula is C12H14F4OS. The normalized spacial score (nSPS) is 14.4. The Bertz CT molecular complexity index is 468. The van der Waals surface area contributed by atoms with Crippen molar-refractivity contribution in [1.82, 2.24) is 0 Å². The molecule has 1 aromatic carbocycles. The maximum absolute atomic E-state index is 14.1. The molecule has 1 aromatic rings. The van der Waals surface area contributed by atoms with Crippen molar-refractivity contribution in [1.29, 1.82) is 0 Å². The van der Waals surface area contributed by atoms with Crippen molar-refractivity contribution >= 4 is 16.3 Å². The average Bonchev–Trinajstić information content (AvgIpc) is 2.25. The van der Waals surface area contributed by atoms with Gasteiger partial charge in [0.2, 0.25) is 0 Å². The Balaban J connectivity index is 3.64. The molecule has 0 aliphatic carbocycles. The van der Waals surface area contributed by atoms with Gasteiger partial charge < -0.3 is 0 Å². The van der Waals surface area contributed by atoms with Crippen LogP contribution in [0.3, 0.4) is 0 Å². The number of carbonyl (C=O) groups is 1. The Hall–Kier alpha value is -1.04. The number of hydrogen-bond donors (Lipinski definition) is 0. The van der Waals surface area contributed by atoms with E-state index >= 15 is 0 Å². The fourth-order valence-electron chi connectivity index (χ4n) is 1.69. The van der Waals surface area contributed by atoms with Gasteiger partial charge in [0.1, 0.15) is 18.3 Å². The fraction of sp³-hybridized carbons (Fsp3) is 0.417. The van der Waals surface area contributed by atoms with Crippen LogP contribution in [0.15, 0.2) is 11.0 Å². The van der Waals surface area contributed by atoms with Gasteiger partial charge >= 0.3 is 0 Å². The van der Waals surface area contributed by atoms with Crippen molar-refractivity contribution in [3.63, 3.8) is 0 Å². The number of hydrogen-bond acceptors (Lipinski definition) is 1. The highest BCUT2D eigenvalue weighted by molar-refractivity contribution is 8.32. The highest BCUT2D eigenvalue weighted by Gasteiger charge is 2.28. The van der Waals surface area contributed by atoms with E-state index in [2.05, 4.69) is 0 Å². The van der Waals surface area contributed by atoms with E-state index in [-0.39, 0.29) is 11.2 Å². The molecule has 1 rings (SSSR count). The summed E-state index contributed by atoms with van der Waals surface area (Å²) in [5.41, 5.74) is -1.17. The molecule has 0 bridgehead atoms. The van der Waals surface area contributed by atoms with Crippen molar-refractivity contribution in [3.05, 3.63) is 28.8 Å². The predicted molar refractivity (Wildman–Crippen MR) is 65.2 cm³/mol. The van der Waals surface area contributed by atoms with Gasteiger partial charge in [0.15, 0.2) is 12.5 Å². The second-order valence-electron chi connectivity index (χ2n) is 4.58. The van der Waals surface area contributed by atoms with Crippen LogP contribution in [-0.2, 0) is 0 Å². The Kier molecular flexibility index (Phi) is 4.42. The van der Waals surface area contributed by atoms with Gasteiger partial charge in [-0.2, -0.15) is 0 Å². The number of carbonyl (C=O) groups excluding carboxylic acids is 1. The Labute approximate surface area is 105 Å². The van der Waals surface area contributed by atoms with E-state index in [1.165, 1.54) is 0 Å². The standard InChI is InChI=1S/C12H14F4OS/c1-18(2,3)12-8(14)4-7(6-17)10(11(12)16)9(15)5-13/h4,6,9H,5H2,1-3H3. The van der Waals surface area contributed by atoms with Crippen LogP contribution in [0.4, 0.5) is 17.6 Å². The van der Waals surface area contributed by atoms with E-state index in [0.29, 0.717) is 0 Å². The first kappa shape index (κ1) is 15.0. The molecule has 0 saturated heterocycles. The molecule has 0 N–H and O–H groups in total. The number of halogens is 4. The quantitative estimate of drug-likeness (QED) is 0.606. The first-order valence-corrected chi connectivity index (χ1v) is 7.95. The summed E-state index contributed by atoms with van der Waals surface area (Å²) in [6.07, 6.45) is 2.75. The molecular weight excluding hydrogens is 268 g/mol. The van der Waals surface area contributed by atoms with Gasteiger partial charge in [-0.3, -0.25) is 4.79 Å². The number of rotatable bonds is 4. The molecule has 1 atom stereocenters. The van der Waals surface area contributed by atoms with E-state index in [4.69, 9.17) is 0 Å². The van der Waals surface area contributed by atoms with Crippen LogP contribution in [0, 0.1) is 11.6 Å². The summed E-state index contributed by atoms with van der Waals surface area (Å²) >= 11 is 0. The average molecular weight is 282 g/mol. The topological polar surface area (TPSA) is 17.1 Å². The molecule has 0 fully saturated rings. The lowest BCUT2D eigenvalue weighted by atomic mass is 10.0. The van der Waals surface area contributed by atoms with Crippen molar-refractivity contribution in [2.75, 3.05) is 25.4 Å². The maximum Gasteiger partial charge on any atom is 0.157 e. The SMILES string of the molecule is CS(C)(C)c1c(F)cc(C=O)c(C(F)CF)c1F. The summed E-state index contributed by atoms with van der Waals surface area (Å²) in [4.78, 5) is 10.4.